The summed E-state index contributed by atoms with van der Waals surface area (Å²) in [6.45, 7) is 0.0823. The number of carbonyl (C=O) groups excluding carboxylic acids is 4. The summed E-state index contributed by atoms with van der Waals surface area (Å²) in [5.74, 6) is -1.53. The number of rotatable bonds is 10. The monoisotopic (exact) mass is 653 g/mol. The Bertz CT molecular complexity index is 2060. The molecule has 2 amide bonds. The molecule has 0 unspecified atom stereocenters. The van der Waals surface area contributed by atoms with Crippen LogP contribution in [0.3, 0.4) is 0 Å². The van der Waals surface area contributed by atoms with Gasteiger partial charge in [0, 0.05) is 5.56 Å². The first kappa shape index (κ1) is 32.0. The predicted molar refractivity (Wildman–Crippen MR) is 179 cm³/mol. The SMILES string of the molecule is O=C(NN=Cc1ccc(OC(=O)c2ccccc2)c(OC(=O)c2ccccc2)c1)C(=Cc1ccc2c(c1)OCO2)NC(=O)c1ccccc1. The lowest BCUT2D eigenvalue weighted by Gasteiger charge is -2.12. The van der Waals surface area contributed by atoms with Crippen LogP contribution < -0.4 is 29.7 Å². The summed E-state index contributed by atoms with van der Waals surface area (Å²) >= 11 is 0. The van der Waals surface area contributed by atoms with E-state index in [4.69, 9.17) is 18.9 Å². The maximum absolute atomic E-state index is 13.3. The van der Waals surface area contributed by atoms with E-state index in [1.807, 2.05) is 0 Å². The van der Waals surface area contributed by atoms with Crippen molar-refractivity contribution in [2.24, 2.45) is 5.10 Å². The van der Waals surface area contributed by atoms with Crippen LogP contribution in [0.5, 0.6) is 23.0 Å². The largest absolute Gasteiger partial charge is 0.454 e. The van der Waals surface area contributed by atoms with Gasteiger partial charge in [0.25, 0.3) is 11.8 Å². The fourth-order valence-corrected chi connectivity index (χ4v) is 4.57. The van der Waals surface area contributed by atoms with Crippen LogP contribution in [0, 0.1) is 0 Å². The van der Waals surface area contributed by atoms with Crippen molar-refractivity contribution in [2.75, 3.05) is 6.79 Å². The van der Waals surface area contributed by atoms with Crippen LogP contribution in [0.15, 0.2) is 138 Å². The smallest absolute Gasteiger partial charge is 0.343 e. The number of amides is 2. The Morgan fingerprint density at radius 2 is 1.18 bits per heavy atom. The van der Waals surface area contributed by atoms with Crippen LogP contribution in [-0.4, -0.2) is 36.8 Å². The van der Waals surface area contributed by atoms with Crippen LogP contribution in [0.25, 0.3) is 6.08 Å². The van der Waals surface area contributed by atoms with Crippen molar-refractivity contribution in [1.82, 2.24) is 10.7 Å². The summed E-state index contributed by atoms with van der Waals surface area (Å²) in [6.07, 6.45) is 2.78. The maximum Gasteiger partial charge on any atom is 0.343 e. The van der Waals surface area contributed by atoms with Gasteiger partial charge in [-0.05, 0) is 83.9 Å². The number of hydrogen-bond acceptors (Lipinski definition) is 9. The Morgan fingerprint density at radius 3 is 1.84 bits per heavy atom. The van der Waals surface area contributed by atoms with E-state index in [9.17, 15) is 19.2 Å². The molecule has 49 heavy (non-hydrogen) atoms. The first-order chi connectivity index (χ1) is 23.9. The summed E-state index contributed by atoms with van der Waals surface area (Å²) in [6, 6.07) is 34.6. The van der Waals surface area contributed by atoms with Gasteiger partial charge in [0.1, 0.15) is 5.70 Å². The third-order valence-electron chi connectivity index (χ3n) is 7.01. The summed E-state index contributed by atoms with van der Waals surface area (Å²) in [5, 5.41) is 6.69. The van der Waals surface area contributed by atoms with Gasteiger partial charge in [-0.25, -0.2) is 15.0 Å². The van der Waals surface area contributed by atoms with Gasteiger partial charge in [-0.15, -0.1) is 0 Å². The predicted octanol–water partition coefficient (Wildman–Crippen LogP) is 5.77. The van der Waals surface area contributed by atoms with Crippen molar-refractivity contribution < 1.29 is 38.1 Å². The number of ether oxygens (including phenoxy) is 4. The van der Waals surface area contributed by atoms with Crippen molar-refractivity contribution in [3.8, 4) is 23.0 Å². The number of hydrazone groups is 1. The molecule has 1 heterocycles. The van der Waals surface area contributed by atoms with Crippen molar-refractivity contribution in [2.45, 2.75) is 0 Å². The van der Waals surface area contributed by atoms with Crippen molar-refractivity contribution >= 4 is 36.0 Å². The number of nitrogens with zero attached hydrogens (tertiary/aromatic N) is 1. The molecular formula is C38H27N3O8. The van der Waals surface area contributed by atoms with Crippen LogP contribution in [0.2, 0.25) is 0 Å². The number of fused-ring (bicyclic) bond motifs is 1. The van der Waals surface area contributed by atoms with E-state index in [2.05, 4.69) is 15.8 Å². The minimum Gasteiger partial charge on any atom is -0.454 e. The Labute approximate surface area is 280 Å². The Kier molecular flexibility index (Phi) is 9.82. The molecule has 0 saturated carbocycles. The molecule has 11 heteroatoms. The molecule has 1 aliphatic rings. The highest BCUT2D eigenvalue weighted by Crippen LogP contribution is 2.33. The lowest BCUT2D eigenvalue weighted by molar-refractivity contribution is -0.117. The first-order valence-corrected chi connectivity index (χ1v) is 14.9. The number of benzene rings is 5. The molecule has 1 aliphatic heterocycles. The topological polar surface area (TPSA) is 142 Å². The highest BCUT2D eigenvalue weighted by atomic mass is 16.7. The second kappa shape index (κ2) is 15.1. The Hall–Kier alpha value is -7.01. The molecule has 5 aromatic carbocycles. The van der Waals surface area contributed by atoms with Crippen LogP contribution in [0.4, 0.5) is 0 Å². The standard InChI is InChI=1S/C38H27N3O8/c42-35(27-10-4-1-5-11-27)40-30(20-25-16-18-31-33(21-25)47-24-46-31)36(43)41-39-23-26-17-19-32(48-37(44)28-12-6-2-7-13-28)34(22-26)49-38(45)29-14-8-3-9-15-29/h1-23H,24H2,(H,40,42)(H,41,43). The van der Waals surface area contributed by atoms with Gasteiger partial charge in [0.05, 0.1) is 17.3 Å². The number of nitrogens with one attached hydrogen (secondary N) is 2. The van der Waals surface area contributed by atoms with E-state index < -0.39 is 23.8 Å². The minimum absolute atomic E-state index is 0.00288. The van der Waals surface area contributed by atoms with Crippen LogP contribution >= 0.6 is 0 Å². The molecule has 6 rings (SSSR count). The average Bonchev–Trinajstić information content (AvgIpc) is 3.61. The molecule has 0 spiro atoms. The summed E-state index contributed by atoms with van der Waals surface area (Å²) < 4.78 is 22.0. The summed E-state index contributed by atoms with van der Waals surface area (Å²) in [4.78, 5) is 52.0. The van der Waals surface area contributed by atoms with Gasteiger partial charge in [-0.2, -0.15) is 5.10 Å². The molecule has 0 saturated heterocycles. The number of esters is 2. The zero-order valence-corrected chi connectivity index (χ0v) is 25.7. The molecule has 242 valence electrons. The number of hydrogen-bond donors (Lipinski definition) is 2. The van der Waals surface area contributed by atoms with Crippen molar-refractivity contribution in [3.05, 3.63) is 161 Å². The molecule has 2 N–H and O–H groups in total. The quantitative estimate of drug-likeness (QED) is 0.0636. The molecule has 0 fully saturated rings. The molecule has 0 atom stereocenters. The van der Waals surface area contributed by atoms with Gasteiger partial charge in [0.2, 0.25) is 6.79 Å². The van der Waals surface area contributed by atoms with Crippen LogP contribution in [-0.2, 0) is 4.79 Å². The van der Waals surface area contributed by atoms with E-state index >= 15 is 0 Å². The second-order valence-electron chi connectivity index (χ2n) is 10.4. The zero-order valence-electron chi connectivity index (χ0n) is 25.7. The second-order valence-corrected chi connectivity index (χ2v) is 10.4. The van der Waals surface area contributed by atoms with Crippen LogP contribution in [0.1, 0.15) is 42.2 Å². The van der Waals surface area contributed by atoms with E-state index in [0.29, 0.717) is 33.8 Å². The maximum atomic E-state index is 13.3. The lowest BCUT2D eigenvalue weighted by Crippen LogP contribution is -2.32. The van der Waals surface area contributed by atoms with Gasteiger partial charge in [-0.3, -0.25) is 9.59 Å². The zero-order chi connectivity index (χ0) is 34.0. The van der Waals surface area contributed by atoms with Crippen molar-refractivity contribution in [1.29, 1.82) is 0 Å². The molecular weight excluding hydrogens is 626 g/mol. The summed E-state index contributed by atoms with van der Waals surface area (Å²) in [7, 11) is 0. The minimum atomic E-state index is -0.720. The highest BCUT2D eigenvalue weighted by molar-refractivity contribution is 6.05. The molecule has 0 bridgehead atoms. The normalized spacial score (nSPS) is 11.9. The highest BCUT2D eigenvalue weighted by Gasteiger charge is 2.19. The average molecular weight is 654 g/mol. The third-order valence-corrected chi connectivity index (χ3v) is 7.01. The van der Waals surface area contributed by atoms with E-state index in [0.717, 1.165) is 0 Å². The van der Waals surface area contributed by atoms with E-state index in [1.165, 1.54) is 24.4 Å². The van der Waals surface area contributed by atoms with Gasteiger partial charge >= 0.3 is 11.9 Å². The fraction of sp³-hybridized carbons (Fsp3) is 0.0263. The fourth-order valence-electron chi connectivity index (χ4n) is 4.57. The molecule has 0 radical (unpaired) electrons. The molecule has 11 nitrogen and oxygen atoms in total. The first-order valence-electron chi connectivity index (χ1n) is 14.9. The summed E-state index contributed by atoms with van der Waals surface area (Å²) in [5.41, 5.74) is 4.22. The Balaban J connectivity index is 1.23. The lowest BCUT2D eigenvalue weighted by atomic mass is 10.1. The molecule has 0 aromatic heterocycles. The Morgan fingerprint density at radius 1 is 0.612 bits per heavy atom. The van der Waals surface area contributed by atoms with Crippen molar-refractivity contribution in [3.63, 3.8) is 0 Å². The van der Waals surface area contributed by atoms with E-state index in [1.54, 1.807) is 115 Å². The van der Waals surface area contributed by atoms with Gasteiger partial charge in [-0.1, -0.05) is 60.7 Å². The van der Waals surface area contributed by atoms with Gasteiger partial charge < -0.3 is 24.3 Å². The molecule has 0 aliphatic carbocycles. The van der Waals surface area contributed by atoms with Gasteiger partial charge in [0.15, 0.2) is 23.0 Å². The third kappa shape index (κ3) is 8.23. The van der Waals surface area contributed by atoms with E-state index in [-0.39, 0.29) is 29.6 Å². The number of carbonyl (C=O) groups is 4. The molecule has 5 aromatic rings.